The van der Waals surface area contributed by atoms with Gasteiger partial charge in [-0.15, -0.1) is 0 Å². The van der Waals surface area contributed by atoms with Crippen molar-refractivity contribution in [1.82, 2.24) is 4.31 Å². The maximum Gasteiger partial charge on any atom is 0.243 e. The zero-order chi connectivity index (χ0) is 15.5. The topological polar surface area (TPSA) is 63.4 Å². The van der Waals surface area contributed by atoms with Gasteiger partial charge in [-0.3, -0.25) is 0 Å². The van der Waals surface area contributed by atoms with Gasteiger partial charge in [-0.25, -0.2) is 8.42 Å². The Balaban J connectivity index is 2.27. The molecule has 1 aliphatic rings. The Labute approximate surface area is 127 Å². The minimum absolute atomic E-state index is 0.262. The maximum absolute atomic E-state index is 12.7. The number of hydrogen-bond acceptors (Lipinski definition) is 3. The van der Waals surface area contributed by atoms with E-state index in [2.05, 4.69) is 25.7 Å². The van der Waals surface area contributed by atoms with E-state index >= 15 is 0 Å². The number of hydrogen-bond donors (Lipinski definition) is 1. The normalized spacial score (nSPS) is 23.4. The molecule has 2 rings (SSSR count). The Morgan fingerprint density at radius 2 is 2.10 bits per heavy atom. The Hall–Kier alpha value is -1.35. The molecule has 1 fully saturated rings. The van der Waals surface area contributed by atoms with E-state index in [9.17, 15) is 8.42 Å². The molecule has 0 radical (unpaired) electrons. The van der Waals surface area contributed by atoms with Crippen LogP contribution in [0.25, 0.3) is 0 Å². The largest absolute Gasteiger partial charge is 0.320 e. The van der Waals surface area contributed by atoms with E-state index in [0.29, 0.717) is 35.4 Å². The lowest BCUT2D eigenvalue weighted by molar-refractivity contribution is 0.212. The number of rotatable bonds is 2. The Morgan fingerprint density at radius 3 is 2.76 bits per heavy atom. The minimum Gasteiger partial charge on any atom is -0.320 e. The number of nitrogens with zero attached hydrogens (tertiary/aromatic N) is 1. The SMILES string of the molecule is CC1CCN(S(=O)(=O)c2cccc(C#CCN)c2)CC1C. The van der Waals surface area contributed by atoms with Gasteiger partial charge in [-0.2, -0.15) is 4.31 Å². The molecule has 2 N–H and O–H groups in total. The van der Waals surface area contributed by atoms with Crippen molar-refractivity contribution in [2.45, 2.75) is 25.2 Å². The van der Waals surface area contributed by atoms with Crippen LogP contribution in [0.4, 0.5) is 0 Å². The van der Waals surface area contributed by atoms with Crippen molar-refractivity contribution >= 4 is 10.0 Å². The first-order valence-corrected chi connectivity index (χ1v) is 8.68. The van der Waals surface area contributed by atoms with Crippen molar-refractivity contribution < 1.29 is 8.42 Å². The van der Waals surface area contributed by atoms with Crippen LogP contribution in [0.2, 0.25) is 0 Å². The van der Waals surface area contributed by atoms with Crippen molar-refractivity contribution in [1.29, 1.82) is 0 Å². The van der Waals surface area contributed by atoms with Crippen LogP contribution in [0, 0.1) is 23.7 Å². The van der Waals surface area contributed by atoms with Crippen molar-refractivity contribution in [3.8, 4) is 11.8 Å². The second kappa shape index (κ2) is 6.61. The summed E-state index contributed by atoms with van der Waals surface area (Å²) in [5.41, 5.74) is 6.03. The molecule has 1 saturated heterocycles. The van der Waals surface area contributed by atoms with Gasteiger partial charge in [0.2, 0.25) is 10.0 Å². The van der Waals surface area contributed by atoms with Gasteiger partial charge in [0.15, 0.2) is 0 Å². The molecule has 2 unspecified atom stereocenters. The molecule has 4 nitrogen and oxygen atoms in total. The van der Waals surface area contributed by atoms with E-state index in [-0.39, 0.29) is 6.54 Å². The van der Waals surface area contributed by atoms with Gasteiger partial charge in [0, 0.05) is 18.7 Å². The summed E-state index contributed by atoms with van der Waals surface area (Å²) in [6, 6.07) is 6.78. The van der Waals surface area contributed by atoms with Gasteiger partial charge in [0.25, 0.3) is 0 Å². The lowest BCUT2D eigenvalue weighted by Gasteiger charge is -2.34. The van der Waals surface area contributed by atoms with Crippen LogP contribution in [-0.4, -0.2) is 32.4 Å². The summed E-state index contributed by atoms with van der Waals surface area (Å²) in [6.45, 7) is 5.72. The van der Waals surface area contributed by atoms with Gasteiger partial charge in [0.05, 0.1) is 11.4 Å². The summed E-state index contributed by atoms with van der Waals surface area (Å²) in [5, 5.41) is 0. The molecular formula is C16H22N2O2S. The molecule has 0 spiro atoms. The average molecular weight is 306 g/mol. The molecule has 1 aliphatic heterocycles. The van der Waals surface area contributed by atoms with E-state index in [1.807, 2.05) is 0 Å². The van der Waals surface area contributed by atoms with Crippen LogP contribution in [0.5, 0.6) is 0 Å². The third-order valence-electron chi connectivity index (χ3n) is 4.10. The first kappa shape index (κ1) is 16.0. The quantitative estimate of drug-likeness (QED) is 0.845. The predicted molar refractivity (Wildman–Crippen MR) is 84.1 cm³/mol. The fraction of sp³-hybridized carbons (Fsp3) is 0.500. The fourth-order valence-corrected chi connectivity index (χ4v) is 4.08. The van der Waals surface area contributed by atoms with Crippen molar-refractivity contribution in [2.24, 2.45) is 17.6 Å². The zero-order valence-electron chi connectivity index (χ0n) is 12.5. The van der Waals surface area contributed by atoms with Gasteiger partial charge < -0.3 is 5.73 Å². The monoisotopic (exact) mass is 306 g/mol. The average Bonchev–Trinajstić information content (AvgIpc) is 2.48. The lowest BCUT2D eigenvalue weighted by Crippen LogP contribution is -2.42. The van der Waals surface area contributed by atoms with Crippen LogP contribution in [0.1, 0.15) is 25.8 Å². The molecule has 21 heavy (non-hydrogen) atoms. The third kappa shape index (κ3) is 3.65. The molecule has 0 bridgehead atoms. The van der Waals surface area contributed by atoms with Crippen LogP contribution in [0.3, 0.4) is 0 Å². The summed E-state index contributed by atoms with van der Waals surface area (Å²) in [7, 11) is -3.43. The predicted octanol–water partition coefficient (Wildman–Crippen LogP) is 1.66. The fourth-order valence-electron chi connectivity index (χ4n) is 2.48. The minimum atomic E-state index is -3.43. The molecule has 1 aromatic rings. The number of benzene rings is 1. The van der Waals surface area contributed by atoms with Crippen LogP contribution in [0.15, 0.2) is 29.2 Å². The lowest BCUT2D eigenvalue weighted by atomic mass is 9.90. The highest BCUT2D eigenvalue weighted by Gasteiger charge is 2.31. The van der Waals surface area contributed by atoms with Gasteiger partial charge in [-0.05, 0) is 36.5 Å². The first-order valence-electron chi connectivity index (χ1n) is 7.24. The van der Waals surface area contributed by atoms with E-state index < -0.39 is 10.0 Å². The van der Waals surface area contributed by atoms with Crippen molar-refractivity contribution in [2.75, 3.05) is 19.6 Å². The molecule has 5 heteroatoms. The second-order valence-corrected chi connectivity index (χ2v) is 7.58. The van der Waals surface area contributed by atoms with Crippen LogP contribution >= 0.6 is 0 Å². The summed E-state index contributed by atoms with van der Waals surface area (Å²) in [4.78, 5) is 0.313. The molecular weight excluding hydrogens is 284 g/mol. The maximum atomic E-state index is 12.7. The van der Waals surface area contributed by atoms with Gasteiger partial charge >= 0.3 is 0 Å². The van der Waals surface area contributed by atoms with Crippen LogP contribution < -0.4 is 5.73 Å². The molecule has 0 saturated carbocycles. The Morgan fingerprint density at radius 1 is 1.33 bits per heavy atom. The van der Waals surface area contributed by atoms with E-state index in [1.54, 1.807) is 28.6 Å². The number of nitrogens with two attached hydrogens (primary N) is 1. The number of sulfonamides is 1. The molecule has 114 valence electrons. The summed E-state index contributed by atoms with van der Waals surface area (Å²) in [6.07, 6.45) is 0.910. The third-order valence-corrected chi connectivity index (χ3v) is 5.96. The first-order chi connectivity index (χ1) is 9.95. The molecule has 0 aromatic heterocycles. The highest BCUT2D eigenvalue weighted by atomic mass is 32.2. The Bertz CT molecular complexity index is 658. The zero-order valence-corrected chi connectivity index (χ0v) is 13.4. The standard InChI is InChI=1S/C16H22N2O2S/c1-13-8-10-18(12-14(13)2)21(19,20)16-7-3-5-15(11-16)6-4-9-17/h3,5,7,11,13-14H,8-10,12,17H2,1-2H3. The molecule has 0 amide bonds. The van der Waals surface area contributed by atoms with E-state index in [1.165, 1.54) is 0 Å². The van der Waals surface area contributed by atoms with Crippen molar-refractivity contribution in [3.05, 3.63) is 29.8 Å². The molecule has 1 heterocycles. The van der Waals surface area contributed by atoms with Gasteiger partial charge in [-0.1, -0.05) is 31.8 Å². The number of piperidine rings is 1. The molecule has 0 aliphatic carbocycles. The highest BCUT2D eigenvalue weighted by molar-refractivity contribution is 7.89. The summed E-state index contributed by atoms with van der Waals surface area (Å²) >= 11 is 0. The van der Waals surface area contributed by atoms with Gasteiger partial charge in [0.1, 0.15) is 0 Å². The van der Waals surface area contributed by atoms with Crippen LogP contribution in [-0.2, 0) is 10.0 Å². The molecule has 1 aromatic carbocycles. The van der Waals surface area contributed by atoms with E-state index in [4.69, 9.17) is 5.73 Å². The smallest absolute Gasteiger partial charge is 0.243 e. The molecule has 2 atom stereocenters. The summed E-state index contributed by atoms with van der Waals surface area (Å²) in [5.74, 6) is 6.57. The second-order valence-electron chi connectivity index (χ2n) is 5.64. The Kier molecular flexibility index (Phi) is 5.04. The summed E-state index contributed by atoms with van der Waals surface area (Å²) < 4.78 is 27.0. The van der Waals surface area contributed by atoms with E-state index in [0.717, 1.165) is 6.42 Å². The highest BCUT2D eigenvalue weighted by Crippen LogP contribution is 2.27. The van der Waals surface area contributed by atoms with Crippen molar-refractivity contribution in [3.63, 3.8) is 0 Å².